The summed E-state index contributed by atoms with van der Waals surface area (Å²) >= 11 is 3.36. The van der Waals surface area contributed by atoms with E-state index < -0.39 is 6.04 Å². The summed E-state index contributed by atoms with van der Waals surface area (Å²) in [7, 11) is 1.36. The molecule has 0 aromatic heterocycles. The maximum Gasteiger partial charge on any atom is 0.328 e. The summed E-state index contributed by atoms with van der Waals surface area (Å²) in [6.07, 6.45) is 1.87. The minimum absolute atomic E-state index is 0.0183. The van der Waals surface area contributed by atoms with Crippen molar-refractivity contribution >= 4 is 27.8 Å². The van der Waals surface area contributed by atoms with Gasteiger partial charge in [-0.05, 0) is 30.5 Å². The Balaban J connectivity index is 2.03. The predicted octanol–water partition coefficient (Wildman–Crippen LogP) is 2.16. The Labute approximate surface area is 120 Å². The van der Waals surface area contributed by atoms with Crippen LogP contribution >= 0.6 is 15.9 Å². The Hall–Kier alpha value is -1.36. The van der Waals surface area contributed by atoms with Gasteiger partial charge in [0.15, 0.2) is 0 Å². The lowest BCUT2D eigenvalue weighted by Gasteiger charge is -2.22. The summed E-state index contributed by atoms with van der Waals surface area (Å²) in [5, 5.41) is 0. The fourth-order valence-electron chi connectivity index (χ4n) is 2.32. The molecular formula is C14H16BrNO3. The molecule has 0 unspecified atom stereocenters. The van der Waals surface area contributed by atoms with E-state index in [4.69, 9.17) is 4.74 Å². The number of benzene rings is 1. The van der Waals surface area contributed by atoms with E-state index in [0.717, 1.165) is 16.5 Å². The third-order valence-corrected chi connectivity index (χ3v) is 3.84. The standard InChI is InChI=1S/C14H16BrNO3/c1-19-14(18)12-3-2-8-16(12)13(17)9-10-4-6-11(15)7-5-10/h4-7,12H,2-3,8-9H2,1H3/t12-/m0/s1. The van der Waals surface area contributed by atoms with E-state index in [9.17, 15) is 9.59 Å². The second-order valence-electron chi connectivity index (χ2n) is 4.57. The summed E-state index contributed by atoms with van der Waals surface area (Å²) in [6, 6.07) is 7.22. The molecule has 0 radical (unpaired) electrons. The maximum atomic E-state index is 12.2. The number of ether oxygens (including phenoxy) is 1. The van der Waals surface area contributed by atoms with E-state index >= 15 is 0 Å². The van der Waals surface area contributed by atoms with Gasteiger partial charge in [-0.3, -0.25) is 4.79 Å². The van der Waals surface area contributed by atoms with Crippen LogP contribution in [0.5, 0.6) is 0 Å². The van der Waals surface area contributed by atoms with Crippen LogP contribution in [0.2, 0.25) is 0 Å². The zero-order valence-electron chi connectivity index (χ0n) is 10.8. The van der Waals surface area contributed by atoms with Crippen LogP contribution in [0.25, 0.3) is 0 Å². The first-order chi connectivity index (χ1) is 9.11. The monoisotopic (exact) mass is 325 g/mol. The third kappa shape index (κ3) is 3.35. The van der Waals surface area contributed by atoms with Crippen LogP contribution in [-0.4, -0.2) is 36.5 Å². The predicted molar refractivity (Wildman–Crippen MR) is 74.6 cm³/mol. The molecule has 0 spiro atoms. The number of hydrogen-bond acceptors (Lipinski definition) is 3. The average molecular weight is 326 g/mol. The Kier molecular flexibility index (Phi) is 4.58. The number of methoxy groups -OCH3 is 1. The molecule has 19 heavy (non-hydrogen) atoms. The van der Waals surface area contributed by atoms with Gasteiger partial charge in [0, 0.05) is 11.0 Å². The van der Waals surface area contributed by atoms with Gasteiger partial charge in [0.25, 0.3) is 0 Å². The Bertz CT molecular complexity index is 472. The molecule has 1 aromatic carbocycles. The Morgan fingerprint density at radius 1 is 1.37 bits per heavy atom. The maximum absolute atomic E-state index is 12.2. The summed E-state index contributed by atoms with van der Waals surface area (Å²) in [6.45, 7) is 0.634. The van der Waals surface area contributed by atoms with E-state index in [-0.39, 0.29) is 11.9 Å². The zero-order valence-corrected chi connectivity index (χ0v) is 12.4. The van der Waals surface area contributed by atoms with Gasteiger partial charge < -0.3 is 9.64 Å². The van der Waals surface area contributed by atoms with E-state index in [1.807, 2.05) is 24.3 Å². The number of hydrogen-bond donors (Lipinski definition) is 0. The molecule has 1 fully saturated rings. The van der Waals surface area contributed by atoms with Gasteiger partial charge >= 0.3 is 5.97 Å². The number of halogens is 1. The van der Waals surface area contributed by atoms with Crippen molar-refractivity contribution in [3.8, 4) is 0 Å². The molecule has 1 aromatic rings. The molecule has 5 heteroatoms. The Morgan fingerprint density at radius 3 is 2.68 bits per heavy atom. The summed E-state index contributed by atoms with van der Waals surface area (Å²) in [4.78, 5) is 25.5. The number of rotatable bonds is 3. The van der Waals surface area contributed by atoms with Crippen molar-refractivity contribution in [2.75, 3.05) is 13.7 Å². The Morgan fingerprint density at radius 2 is 2.05 bits per heavy atom. The van der Waals surface area contributed by atoms with Crippen molar-refractivity contribution in [3.05, 3.63) is 34.3 Å². The second-order valence-corrected chi connectivity index (χ2v) is 5.49. The quantitative estimate of drug-likeness (QED) is 0.800. The first-order valence-electron chi connectivity index (χ1n) is 6.23. The van der Waals surface area contributed by atoms with Gasteiger partial charge in [0.05, 0.1) is 13.5 Å². The van der Waals surface area contributed by atoms with Gasteiger partial charge in [-0.25, -0.2) is 4.79 Å². The number of likely N-dealkylation sites (tertiary alicyclic amines) is 1. The highest BCUT2D eigenvalue weighted by molar-refractivity contribution is 9.10. The second kappa shape index (κ2) is 6.19. The first-order valence-corrected chi connectivity index (χ1v) is 7.03. The van der Waals surface area contributed by atoms with Crippen LogP contribution in [0.15, 0.2) is 28.7 Å². The smallest absolute Gasteiger partial charge is 0.328 e. The first kappa shape index (κ1) is 14.1. The van der Waals surface area contributed by atoms with Gasteiger partial charge in [-0.1, -0.05) is 28.1 Å². The van der Waals surface area contributed by atoms with Gasteiger partial charge in [-0.15, -0.1) is 0 Å². The lowest BCUT2D eigenvalue weighted by molar-refractivity contribution is -0.150. The van der Waals surface area contributed by atoms with Crippen molar-refractivity contribution in [1.29, 1.82) is 0 Å². The molecule has 0 bridgehead atoms. The molecular weight excluding hydrogens is 310 g/mol. The number of nitrogens with zero attached hydrogens (tertiary/aromatic N) is 1. The highest BCUT2D eigenvalue weighted by Crippen LogP contribution is 2.20. The van der Waals surface area contributed by atoms with E-state index in [1.54, 1.807) is 4.90 Å². The van der Waals surface area contributed by atoms with Crippen molar-refractivity contribution in [3.63, 3.8) is 0 Å². The molecule has 1 heterocycles. The molecule has 1 atom stereocenters. The van der Waals surface area contributed by atoms with E-state index in [1.165, 1.54) is 7.11 Å². The lowest BCUT2D eigenvalue weighted by atomic mass is 10.1. The summed E-state index contributed by atoms with van der Waals surface area (Å²) < 4.78 is 5.73. The number of carbonyl (C=O) groups excluding carboxylic acids is 2. The van der Waals surface area contributed by atoms with Crippen molar-refractivity contribution in [1.82, 2.24) is 4.90 Å². The molecule has 2 rings (SSSR count). The minimum Gasteiger partial charge on any atom is -0.467 e. The van der Waals surface area contributed by atoms with Crippen LogP contribution in [0.3, 0.4) is 0 Å². The molecule has 0 aliphatic carbocycles. The number of amides is 1. The SMILES string of the molecule is COC(=O)[C@@H]1CCCN1C(=O)Cc1ccc(Br)cc1. The fourth-order valence-corrected chi connectivity index (χ4v) is 2.59. The van der Waals surface area contributed by atoms with E-state index in [2.05, 4.69) is 15.9 Å². The summed E-state index contributed by atoms with van der Waals surface area (Å²) in [5.41, 5.74) is 0.948. The van der Waals surface area contributed by atoms with Crippen LogP contribution in [0.1, 0.15) is 18.4 Å². The highest BCUT2D eigenvalue weighted by atomic mass is 79.9. The van der Waals surface area contributed by atoms with Gasteiger partial charge in [-0.2, -0.15) is 0 Å². The third-order valence-electron chi connectivity index (χ3n) is 3.32. The average Bonchev–Trinajstić information content (AvgIpc) is 2.90. The van der Waals surface area contributed by atoms with Crippen molar-refractivity contribution in [2.24, 2.45) is 0 Å². The van der Waals surface area contributed by atoms with Crippen molar-refractivity contribution < 1.29 is 14.3 Å². The molecule has 0 N–H and O–H groups in total. The largest absolute Gasteiger partial charge is 0.467 e. The fraction of sp³-hybridized carbons (Fsp3) is 0.429. The number of esters is 1. The number of carbonyl (C=O) groups is 2. The summed E-state index contributed by atoms with van der Waals surface area (Å²) in [5.74, 6) is -0.336. The molecule has 1 saturated heterocycles. The van der Waals surface area contributed by atoms with E-state index in [0.29, 0.717) is 19.4 Å². The van der Waals surface area contributed by atoms with Crippen LogP contribution in [-0.2, 0) is 20.7 Å². The zero-order chi connectivity index (χ0) is 13.8. The normalized spacial score (nSPS) is 18.4. The molecule has 0 saturated carbocycles. The van der Waals surface area contributed by atoms with Gasteiger partial charge in [0.2, 0.25) is 5.91 Å². The highest BCUT2D eigenvalue weighted by Gasteiger charge is 2.34. The van der Waals surface area contributed by atoms with Crippen LogP contribution < -0.4 is 0 Å². The molecule has 1 aliphatic rings. The van der Waals surface area contributed by atoms with Gasteiger partial charge in [0.1, 0.15) is 6.04 Å². The lowest BCUT2D eigenvalue weighted by Crippen LogP contribution is -2.41. The molecule has 1 amide bonds. The molecule has 4 nitrogen and oxygen atoms in total. The van der Waals surface area contributed by atoms with Crippen LogP contribution in [0.4, 0.5) is 0 Å². The molecule has 1 aliphatic heterocycles. The van der Waals surface area contributed by atoms with Crippen molar-refractivity contribution in [2.45, 2.75) is 25.3 Å². The topological polar surface area (TPSA) is 46.6 Å². The van der Waals surface area contributed by atoms with Crippen LogP contribution in [0, 0.1) is 0 Å². The molecule has 102 valence electrons. The minimum atomic E-state index is -0.409.